The standard InChI is InChI=1S/C12H6N2O4Se/c15-13(16)7-1-3-11-9(5-7)10-6-8(14(17)18)2-4-12(10)19-11/h1-6H. The van der Waals surface area contributed by atoms with Crippen LogP contribution in [0.25, 0.3) is 19.3 Å². The van der Waals surface area contributed by atoms with Crippen LogP contribution in [0.4, 0.5) is 11.4 Å². The van der Waals surface area contributed by atoms with Crippen LogP contribution in [0.1, 0.15) is 0 Å². The molecule has 2 aromatic carbocycles. The van der Waals surface area contributed by atoms with E-state index in [9.17, 15) is 20.2 Å². The summed E-state index contributed by atoms with van der Waals surface area (Å²) in [6.45, 7) is 0. The van der Waals surface area contributed by atoms with Gasteiger partial charge in [-0.1, -0.05) is 0 Å². The molecule has 1 heterocycles. The van der Waals surface area contributed by atoms with Gasteiger partial charge in [-0.2, -0.15) is 0 Å². The Hall–Kier alpha value is -2.24. The molecular weight excluding hydrogens is 315 g/mol. The monoisotopic (exact) mass is 322 g/mol. The molecule has 0 aliphatic rings. The summed E-state index contributed by atoms with van der Waals surface area (Å²) in [7, 11) is 0. The predicted molar refractivity (Wildman–Crippen MR) is 71.7 cm³/mol. The summed E-state index contributed by atoms with van der Waals surface area (Å²) < 4.78 is 2.04. The van der Waals surface area contributed by atoms with Crippen molar-refractivity contribution in [2.24, 2.45) is 0 Å². The third-order valence-electron chi connectivity index (χ3n) is 2.86. The van der Waals surface area contributed by atoms with Gasteiger partial charge in [-0.25, -0.2) is 0 Å². The second kappa shape index (κ2) is 4.15. The van der Waals surface area contributed by atoms with Crippen molar-refractivity contribution in [3.63, 3.8) is 0 Å². The minimum absolute atomic E-state index is 0.00825. The number of benzene rings is 2. The van der Waals surface area contributed by atoms with Crippen LogP contribution in [-0.2, 0) is 0 Å². The van der Waals surface area contributed by atoms with Crippen LogP contribution in [0.3, 0.4) is 0 Å². The SMILES string of the molecule is O=[N+]([O-])c1ccc2[se]c3ccc([N+](=O)[O-])cc3c2c1. The molecule has 0 unspecified atom stereocenters. The van der Waals surface area contributed by atoms with E-state index in [-0.39, 0.29) is 25.9 Å². The van der Waals surface area contributed by atoms with Gasteiger partial charge in [0.15, 0.2) is 0 Å². The van der Waals surface area contributed by atoms with Crippen LogP contribution in [0.15, 0.2) is 36.4 Å². The molecule has 19 heavy (non-hydrogen) atoms. The second-order valence-electron chi connectivity index (χ2n) is 3.98. The molecule has 0 saturated heterocycles. The molecule has 6 nitrogen and oxygen atoms in total. The topological polar surface area (TPSA) is 86.3 Å². The van der Waals surface area contributed by atoms with Crippen molar-refractivity contribution in [1.82, 2.24) is 0 Å². The Bertz CT molecular complexity index is 772. The van der Waals surface area contributed by atoms with Gasteiger partial charge in [0.2, 0.25) is 0 Å². The van der Waals surface area contributed by atoms with Crippen LogP contribution in [0, 0.1) is 20.2 Å². The number of fused-ring (bicyclic) bond motifs is 3. The van der Waals surface area contributed by atoms with Crippen molar-refractivity contribution in [2.75, 3.05) is 0 Å². The first-order valence-corrected chi connectivity index (χ1v) is 7.02. The van der Waals surface area contributed by atoms with Gasteiger partial charge in [-0.15, -0.1) is 0 Å². The summed E-state index contributed by atoms with van der Waals surface area (Å²) in [5.74, 6) is 0. The minimum atomic E-state index is -0.456. The van der Waals surface area contributed by atoms with Crippen LogP contribution >= 0.6 is 0 Å². The zero-order valence-electron chi connectivity index (χ0n) is 9.40. The molecule has 0 N–H and O–H groups in total. The van der Waals surface area contributed by atoms with E-state index in [1.54, 1.807) is 12.1 Å². The first-order valence-electron chi connectivity index (χ1n) is 5.31. The molecule has 0 aliphatic carbocycles. The Kier molecular flexibility index (Phi) is 2.58. The van der Waals surface area contributed by atoms with Crippen molar-refractivity contribution in [2.45, 2.75) is 0 Å². The number of rotatable bonds is 2. The van der Waals surface area contributed by atoms with Gasteiger partial charge in [-0.05, 0) is 0 Å². The predicted octanol–water partition coefficient (Wildman–Crippen LogP) is 2.87. The van der Waals surface area contributed by atoms with Crippen LogP contribution in [0.5, 0.6) is 0 Å². The average Bonchev–Trinajstić information content (AvgIpc) is 2.75. The molecule has 0 aliphatic heterocycles. The van der Waals surface area contributed by atoms with E-state index in [0.29, 0.717) is 0 Å². The third-order valence-corrected chi connectivity index (χ3v) is 5.27. The Morgan fingerprint density at radius 3 is 1.58 bits per heavy atom. The Labute approximate surface area is 112 Å². The number of nitrogens with zero attached hydrogens (tertiary/aromatic N) is 2. The van der Waals surface area contributed by atoms with E-state index < -0.39 is 9.85 Å². The van der Waals surface area contributed by atoms with Gasteiger partial charge in [0.25, 0.3) is 0 Å². The third kappa shape index (κ3) is 1.89. The first-order chi connectivity index (χ1) is 9.06. The number of nitro benzene ring substituents is 2. The van der Waals surface area contributed by atoms with E-state index in [4.69, 9.17) is 0 Å². The summed E-state index contributed by atoms with van der Waals surface area (Å²) in [6.07, 6.45) is 0. The average molecular weight is 321 g/mol. The number of non-ortho nitro benzene ring substituents is 2. The second-order valence-corrected chi connectivity index (χ2v) is 6.25. The molecule has 0 spiro atoms. The summed E-state index contributed by atoms with van der Waals surface area (Å²) in [6, 6.07) is 9.40. The van der Waals surface area contributed by atoms with E-state index in [1.165, 1.54) is 24.3 Å². The number of hydrogen-bond donors (Lipinski definition) is 0. The van der Waals surface area contributed by atoms with Gasteiger partial charge >= 0.3 is 112 Å². The molecule has 0 fully saturated rings. The Balaban J connectivity index is 2.37. The van der Waals surface area contributed by atoms with Crippen LogP contribution < -0.4 is 0 Å². The molecule has 0 amide bonds. The Morgan fingerprint density at radius 1 is 0.789 bits per heavy atom. The molecule has 7 heteroatoms. The van der Waals surface area contributed by atoms with E-state index >= 15 is 0 Å². The molecule has 3 rings (SSSR count). The normalized spacial score (nSPS) is 10.9. The fourth-order valence-electron chi connectivity index (χ4n) is 1.98. The molecule has 94 valence electrons. The maximum atomic E-state index is 10.8. The first kappa shape index (κ1) is 11.8. The fraction of sp³-hybridized carbons (Fsp3) is 0. The summed E-state index contributed by atoms with van der Waals surface area (Å²) in [5, 5.41) is 23.1. The fourth-order valence-corrected chi connectivity index (χ4v) is 4.22. The Morgan fingerprint density at radius 2 is 1.21 bits per heavy atom. The molecule has 0 bridgehead atoms. The van der Waals surface area contributed by atoms with Crippen LogP contribution in [0.2, 0.25) is 0 Å². The van der Waals surface area contributed by atoms with E-state index in [2.05, 4.69) is 0 Å². The van der Waals surface area contributed by atoms with Crippen molar-refractivity contribution in [3.05, 3.63) is 56.6 Å². The number of nitro groups is 2. The van der Waals surface area contributed by atoms with Gasteiger partial charge in [0.1, 0.15) is 0 Å². The van der Waals surface area contributed by atoms with Crippen molar-refractivity contribution in [3.8, 4) is 0 Å². The molecular formula is C12H6N2O4Se. The molecule has 0 atom stereocenters. The quantitative estimate of drug-likeness (QED) is 0.412. The van der Waals surface area contributed by atoms with Gasteiger partial charge < -0.3 is 0 Å². The summed E-state index contributed by atoms with van der Waals surface area (Å²) in [5.41, 5.74) is 0.0165. The summed E-state index contributed by atoms with van der Waals surface area (Å²) in [4.78, 5) is 20.7. The van der Waals surface area contributed by atoms with Gasteiger partial charge in [0, 0.05) is 0 Å². The summed E-state index contributed by atoms with van der Waals surface area (Å²) >= 11 is 0.0505. The van der Waals surface area contributed by atoms with Crippen LogP contribution in [-0.4, -0.2) is 24.4 Å². The maximum absolute atomic E-state index is 10.8. The van der Waals surface area contributed by atoms with E-state index in [1.807, 2.05) is 0 Å². The van der Waals surface area contributed by atoms with Gasteiger partial charge in [0.05, 0.1) is 0 Å². The molecule has 0 radical (unpaired) electrons. The zero-order chi connectivity index (χ0) is 13.6. The van der Waals surface area contributed by atoms with E-state index in [0.717, 1.165) is 19.3 Å². The van der Waals surface area contributed by atoms with Crippen molar-refractivity contribution >= 4 is 45.2 Å². The van der Waals surface area contributed by atoms with Crippen molar-refractivity contribution in [1.29, 1.82) is 0 Å². The molecule has 1 aromatic heterocycles. The molecule has 0 saturated carbocycles. The zero-order valence-corrected chi connectivity index (χ0v) is 11.1. The number of hydrogen-bond acceptors (Lipinski definition) is 4. The van der Waals surface area contributed by atoms with Crippen molar-refractivity contribution < 1.29 is 9.85 Å². The van der Waals surface area contributed by atoms with Gasteiger partial charge in [-0.3, -0.25) is 0 Å². The molecule has 3 aromatic rings.